The summed E-state index contributed by atoms with van der Waals surface area (Å²) in [6, 6.07) is 5.50. The molecular weight excluding hydrogens is 310 g/mol. The van der Waals surface area contributed by atoms with Gasteiger partial charge in [0.05, 0.1) is 0 Å². The predicted molar refractivity (Wildman–Crippen MR) is 94.4 cm³/mol. The monoisotopic (exact) mass is 333 g/mol. The largest absolute Gasteiger partial charge is 0.506 e. The molecule has 0 bridgehead atoms. The van der Waals surface area contributed by atoms with Crippen molar-refractivity contribution in [3.63, 3.8) is 0 Å². The second-order valence-electron chi connectivity index (χ2n) is 5.19. The average molecular weight is 333 g/mol. The van der Waals surface area contributed by atoms with Gasteiger partial charge in [0.25, 0.3) is 5.13 Å². The van der Waals surface area contributed by atoms with Crippen LogP contribution in [0.15, 0.2) is 28.4 Å². The highest BCUT2D eigenvalue weighted by atomic mass is 32.1. The Morgan fingerprint density at radius 3 is 2.39 bits per heavy atom. The fraction of sp³-hybridized carbons (Fsp3) is 0.500. The van der Waals surface area contributed by atoms with Gasteiger partial charge in [-0.15, -0.1) is 20.4 Å². The maximum atomic E-state index is 10.2. The molecule has 7 heteroatoms. The van der Waals surface area contributed by atoms with E-state index in [2.05, 4.69) is 39.2 Å². The van der Waals surface area contributed by atoms with Crippen LogP contribution in [-0.4, -0.2) is 28.4 Å². The van der Waals surface area contributed by atoms with Gasteiger partial charge in [-0.2, -0.15) is 0 Å². The van der Waals surface area contributed by atoms with Crippen LogP contribution in [0.5, 0.6) is 5.75 Å². The van der Waals surface area contributed by atoms with Gasteiger partial charge in [0.15, 0.2) is 0 Å². The molecule has 0 saturated heterocycles. The highest BCUT2D eigenvalue weighted by molar-refractivity contribution is 7.14. The number of aromatic hydroxyl groups is 1. The minimum atomic E-state index is 0.128. The van der Waals surface area contributed by atoms with Crippen molar-refractivity contribution in [3.05, 3.63) is 23.2 Å². The lowest BCUT2D eigenvalue weighted by molar-refractivity contribution is 0.476. The lowest BCUT2D eigenvalue weighted by Gasteiger charge is -2.24. The number of benzene rings is 1. The molecule has 6 nitrogen and oxygen atoms in total. The Morgan fingerprint density at radius 2 is 1.83 bits per heavy atom. The number of azo groups is 1. The summed E-state index contributed by atoms with van der Waals surface area (Å²) in [4.78, 5) is 2.26. The van der Waals surface area contributed by atoms with Crippen LogP contribution in [0.2, 0.25) is 0 Å². The Kier molecular flexibility index (Phi) is 6.46. The zero-order chi connectivity index (χ0) is 16.7. The summed E-state index contributed by atoms with van der Waals surface area (Å²) in [5, 5.41) is 27.7. The van der Waals surface area contributed by atoms with Crippen molar-refractivity contribution in [1.82, 2.24) is 10.2 Å². The number of aryl methyl sites for hydroxylation is 1. The maximum Gasteiger partial charge on any atom is 0.251 e. The highest BCUT2D eigenvalue weighted by Crippen LogP contribution is 2.33. The first-order chi connectivity index (χ1) is 11.2. The van der Waals surface area contributed by atoms with Gasteiger partial charge in [0.1, 0.15) is 16.4 Å². The second kappa shape index (κ2) is 8.57. The van der Waals surface area contributed by atoms with Gasteiger partial charge >= 0.3 is 0 Å². The van der Waals surface area contributed by atoms with E-state index in [1.54, 1.807) is 12.1 Å². The summed E-state index contributed by atoms with van der Waals surface area (Å²) in [7, 11) is 0. The zero-order valence-electron chi connectivity index (χ0n) is 13.9. The van der Waals surface area contributed by atoms with Gasteiger partial charge in [-0.1, -0.05) is 32.1 Å². The molecule has 0 aliphatic carbocycles. The molecule has 2 aromatic rings. The number of hydrogen-bond acceptors (Lipinski definition) is 7. The van der Waals surface area contributed by atoms with Crippen LogP contribution < -0.4 is 4.90 Å². The van der Waals surface area contributed by atoms with E-state index < -0.39 is 0 Å². The van der Waals surface area contributed by atoms with Crippen LogP contribution in [0.3, 0.4) is 0 Å². The number of rotatable bonds is 8. The van der Waals surface area contributed by atoms with Gasteiger partial charge in [0, 0.05) is 24.8 Å². The summed E-state index contributed by atoms with van der Waals surface area (Å²) >= 11 is 1.41. The standard InChI is InChI=1S/C16H23N5OS/c1-4-9-21(10-5-2)12-7-8-13(14(22)11-12)17-19-16-20-18-15(6-3)23-16/h7-8,11,22H,4-6,9-10H2,1-3H3. The van der Waals surface area contributed by atoms with Crippen LogP contribution in [0.4, 0.5) is 16.5 Å². The first kappa shape index (κ1) is 17.3. The van der Waals surface area contributed by atoms with Crippen molar-refractivity contribution in [2.45, 2.75) is 40.0 Å². The number of hydrogen-bond donors (Lipinski definition) is 1. The molecule has 1 N–H and O–H groups in total. The third-order valence-electron chi connectivity index (χ3n) is 3.31. The molecule has 1 aromatic carbocycles. The lowest BCUT2D eigenvalue weighted by Crippen LogP contribution is -2.24. The van der Waals surface area contributed by atoms with E-state index in [9.17, 15) is 5.11 Å². The summed E-state index contributed by atoms with van der Waals surface area (Å²) in [5.74, 6) is 0.128. The lowest BCUT2D eigenvalue weighted by atomic mass is 10.2. The van der Waals surface area contributed by atoms with E-state index in [-0.39, 0.29) is 5.75 Å². The van der Waals surface area contributed by atoms with Crippen molar-refractivity contribution >= 4 is 27.8 Å². The molecule has 1 heterocycles. The van der Waals surface area contributed by atoms with Gasteiger partial charge in [-0.05, 0) is 31.4 Å². The van der Waals surface area contributed by atoms with Crippen molar-refractivity contribution in [2.24, 2.45) is 10.2 Å². The first-order valence-electron chi connectivity index (χ1n) is 8.00. The fourth-order valence-corrected chi connectivity index (χ4v) is 2.83. The quantitative estimate of drug-likeness (QED) is 0.701. The van der Waals surface area contributed by atoms with Gasteiger partial charge in [-0.25, -0.2) is 0 Å². The molecule has 1 aromatic heterocycles. The van der Waals surface area contributed by atoms with E-state index >= 15 is 0 Å². The number of nitrogens with zero attached hydrogens (tertiary/aromatic N) is 5. The Hall–Kier alpha value is -2.02. The third-order valence-corrected chi connectivity index (χ3v) is 4.26. The molecule has 0 aliphatic rings. The predicted octanol–water partition coefficient (Wildman–Crippen LogP) is 4.85. The van der Waals surface area contributed by atoms with Crippen molar-refractivity contribution < 1.29 is 5.11 Å². The maximum absolute atomic E-state index is 10.2. The molecule has 0 aliphatic heterocycles. The molecule has 0 spiro atoms. The van der Waals surface area contributed by atoms with Crippen LogP contribution in [0.1, 0.15) is 38.6 Å². The smallest absolute Gasteiger partial charge is 0.251 e. The summed E-state index contributed by atoms with van der Waals surface area (Å²) < 4.78 is 0. The SMILES string of the molecule is CCCN(CCC)c1ccc(N=Nc2nnc(CC)s2)c(O)c1. The van der Waals surface area contributed by atoms with Crippen LogP contribution in [-0.2, 0) is 6.42 Å². The normalized spacial score (nSPS) is 11.3. The third kappa shape index (κ3) is 4.72. The molecule has 23 heavy (non-hydrogen) atoms. The van der Waals surface area contributed by atoms with E-state index in [1.165, 1.54) is 11.3 Å². The highest BCUT2D eigenvalue weighted by Gasteiger charge is 2.08. The molecule has 2 rings (SSSR count). The van der Waals surface area contributed by atoms with E-state index in [4.69, 9.17) is 0 Å². The molecule has 0 fully saturated rings. The minimum absolute atomic E-state index is 0.128. The molecule has 0 amide bonds. The number of phenols is 1. The molecule has 124 valence electrons. The summed E-state index contributed by atoms with van der Waals surface area (Å²) in [5.41, 5.74) is 1.45. The number of phenolic OH excluding ortho intramolecular Hbond substituents is 1. The van der Waals surface area contributed by atoms with Gasteiger partial charge in [0.2, 0.25) is 0 Å². The topological polar surface area (TPSA) is 74.0 Å². The van der Waals surface area contributed by atoms with Gasteiger partial charge in [-0.3, -0.25) is 0 Å². The number of aromatic nitrogens is 2. The van der Waals surface area contributed by atoms with Crippen LogP contribution >= 0.6 is 11.3 Å². The van der Waals surface area contributed by atoms with Crippen LogP contribution in [0.25, 0.3) is 0 Å². The summed E-state index contributed by atoms with van der Waals surface area (Å²) in [6.45, 7) is 8.26. The van der Waals surface area contributed by atoms with Crippen molar-refractivity contribution in [1.29, 1.82) is 0 Å². The second-order valence-corrected chi connectivity index (χ2v) is 6.23. The van der Waals surface area contributed by atoms with Crippen LogP contribution in [0, 0.1) is 0 Å². The van der Waals surface area contributed by atoms with Crippen molar-refractivity contribution in [2.75, 3.05) is 18.0 Å². The molecule has 0 radical (unpaired) electrons. The number of anilines is 1. The molecule has 0 unspecified atom stereocenters. The molecule has 0 saturated carbocycles. The Bertz CT molecular complexity index is 650. The first-order valence-corrected chi connectivity index (χ1v) is 8.81. The molecular formula is C16H23N5OS. The Balaban J connectivity index is 2.14. The zero-order valence-corrected chi connectivity index (χ0v) is 14.7. The average Bonchev–Trinajstić information content (AvgIpc) is 3.01. The minimum Gasteiger partial charge on any atom is -0.506 e. The van der Waals surface area contributed by atoms with Crippen molar-refractivity contribution in [3.8, 4) is 5.75 Å². The van der Waals surface area contributed by atoms with Gasteiger partial charge < -0.3 is 10.0 Å². The summed E-state index contributed by atoms with van der Waals surface area (Å²) in [6.07, 6.45) is 2.97. The van der Waals surface area contributed by atoms with E-state index in [0.29, 0.717) is 10.8 Å². The molecule has 0 atom stereocenters. The van der Waals surface area contributed by atoms with E-state index in [0.717, 1.165) is 43.0 Å². The Labute approximate surface area is 140 Å². The van der Waals surface area contributed by atoms with E-state index in [1.807, 2.05) is 13.0 Å². The Morgan fingerprint density at radius 1 is 1.09 bits per heavy atom. The fourth-order valence-electron chi connectivity index (χ4n) is 2.23.